The first-order chi connectivity index (χ1) is 6.07. The maximum atomic E-state index is 10.6. The number of carbonyl (C=O) groups excluding carboxylic acids is 1. The van der Waals surface area contributed by atoms with Crippen LogP contribution in [-0.2, 0) is 14.3 Å². The number of rotatable bonds is 6. The summed E-state index contributed by atoms with van der Waals surface area (Å²) in [5, 5.41) is 17.1. The molecule has 0 spiro atoms. The van der Waals surface area contributed by atoms with Crippen LogP contribution in [0.4, 0.5) is 0 Å². The number of carboxylic acid groups (broad SMARTS) is 1. The van der Waals surface area contributed by atoms with E-state index >= 15 is 0 Å². The van der Waals surface area contributed by atoms with Crippen molar-refractivity contribution in [3.8, 4) is 0 Å². The smallest absolute Gasteiger partial charge is 0.332 e. The SMILES string of the molecule is COC(=O)CCCC[C@H](O)C(=O)O. The molecule has 0 amide bonds. The number of unbranched alkanes of at least 4 members (excludes halogenated alkanes) is 1. The Kier molecular flexibility index (Phi) is 5.88. The van der Waals surface area contributed by atoms with Crippen molar-refractivity contribution in [3.05, 3.63) is 0 Å². The quantitative estimate of drug-likeness (QED) is 0.460. The van der Waals surface area contributed by atoms with Gasteiger partial charge in [0.2, 0.25) is 0 Å². The number of methoxy groups -OCH3 is 1. The minimum Gasteiger partial charge on any atom is -0.479 e. The molecule has 0 radical (unpaired) electrons. The summed E-state index contributed by atoms with van der Waals surface area (Å²) in [5.74, 6) is -1.54. The van der Waals surface area contributed by atoms with Crippen molar-refractivity contribution in [2.75, 3.05) is 7.11 Å². The van der Waals surface area contributed by atoms with Gasteiger partial charge in [0.15, 0.2) is 6.10 Å². The minimum absolute atomic E-state index is 0.173. The molecule has 0 aliphatic carbocycles. The molecule has 5 nitrogen and oxygen atoms in total. The fourth-order valence-electron chi connectivity index (χ4n) is 0.833. The van der Waals surface area contributed by atoms with Crippen LogP contribution in [0.3, 0.4) is 0 Å². The Balaban J connectivity index is 3.35. The molecule has 0 aliphatic rings. The third-order valence-electron chi connectivity index (χ3n) is 1.62. The Labute approximate surface area is 76.3 Å². The molecule has 1 atom stereocenters. The summed E-state index contributed by atoms with van der Waals surface area (Å²) in [7, 11) is 1.30. The number of esters is 1. The predicted octanol–water partition coefficient (Wildman–Crippen LogP) is 0.165. The summed E-state index contributed by atoms with van der Waals surface area (Å²) in [6.45, 7) is 0. The molecule has 2 N–H and O–H groups in total. The second-order valence-electron chi connectivity index (χ2n) is 2.68. The first kappa shape index (κ1) is 11.9. The molecule has 0 aromatic rings. The van der Waals surface area contributed by atoms with Crippen LogP contribution < -0.4 is 0 Å². The van der Waals surface area contributed by atoms with E-state index in [-0.39, 0.29) is 18.8 Å². The third-order valence-corrected chi connectivity index (χ3v) is 1.62. The second kappa shape index (κ2) is 6.42. The number of aliphatic hydroxyl groups is 1. The van der Waals surface area contributed by atoms with E-state index in [2.05, 4.69) is 4.74 Å². The monoisotopic (exact) mass is 190 g/mol. The van der Waals surface area contributed by atoms with E-state index in [0.29, 0.717) is 12.8 Å². The van der Waals surface area contributed by atoms with Crippen molar-refractivity contribution in [1.29, 1.82) is 0 Å². The molecule has 5 heteroatoms. The largest absolute Gasteiger partial charge is 0.479 e. The van der Waals surface area contributed by atoms with Gasteiger partial charge in [-0.05, 0) is 19.3 Å². The van der Waals surface area contributed by atoms with Crippen LogP contribution >= 0.6 is 0 Å². The number of aliphatic hydroxyl groups excluding tert-OH is 1. The van der Waals surface area contributed by atoms with Gasteiger partial charge < -0.3 is 14.9 Å². The zero-order valence-electron chi connectivity index (χ0n) is 7.52. The highest BCUT2D eigenvalue weighted by molar-refractivity contribution is 5.71. The van der Waals surface area contributed by atoms with Crippen LogP contribution in [0, 0.1) is 0 Å². The Morgan fingerprint density at radius 1 is 1.38 bits per heavy atom. The van der Waals surface area contributed by atoms with Gasteiger partial charge >= 0.3 is 11.9 Å². The third kappa shape index (κ3) is 6.10. The van der Waals surface area contributed by atoms with Crippen LogP contribution in [0.15, 0.2) is 0 Å². The van der Waals surface area contributed by atoms with Gasteiger partial charge in [-0.2, -0.15) is 0 Å². The van der Waals surface area contributed by atoms with Crippen LogP contribution in [-0.4, -0.2) is 35.4 Å². The van der Waals surface area contributed by atoms with Crippen molar-refractivity contribution in [2.45, 2.75) is 31.8 Å². The van der Waals surface area contributed by atoms with Crippen molar-refractivity contribution in [1.82, 2.24) is 0 Å². The molecule has 0 saturated carbocycles. The first-order valence-corrected chi connectivity index (χ1v) is 4.05. The van der Waals surface area contributed by atoms with Crippen LogP contribution in [0.2, 0.25) is 0 Å². The van der Waals surface area contributed by atoms with Gasteiger partial charge in [-0.1, -0.05) is 0 Å². The number of carboxylic acids is 1. The van der Waals surface area contributed by atoms with E-state index in [4.69, 9.17) is 10.2 Å². The summed E-state index contributed by atoms with van der Waals surface area (Å²) in [4.78, 5) is 20.7. The Morgan fingerprint density at radius 2 is 2.00 bits per heavy atom. The highest BCUT2D eigenvalue weighted by Gasteiger charge is 2.12. The molecule has 0 fully saturated rings. The zero-order chi connectivity index (χ0) is 10.3. The lowest BCUT2D eigenvalue weighted by molar-refractivity contribution is -0.146. The van der Waals surface area contributed by atoms with Crippen LogP contribution in [0.5, 0.6) is 0 Å². The highest BCUT2D eigenvalue weighted by atomic mass is 16.5. The predicted molar refractivity (Wildman–Crippen MR) is 44.1 cm³/mol. The molecule has 0 heterocycles. The van der Waals surface area contributed by atoms with E-state index in [1.807, 2.05) is 0 Å². The van der Waals surface area contributed by atoms with E-state index in [0.717, 1.165) is 0 Å². The topological polar surface area (TPSA) is 83.8 Å². The molecule has 0 bridgehead atoms. The summed E-state index contributed by atoms with van der Waals surface area (Å²) in [5.41, 5.74) is 0. The standard InChI is InChI=1S/C8H14O5/c1-13-7(10)5-3-2-4-6(9)8(11)12/h6,9H,2-5H2,1H3,(H,11,12)/t6-/m0/s1. The van der Waals surface area contributed by atoms with Gasteiger partial charge in [0.25, 0.3) is 0 Å². The molecule has 0 aromatic carbocycles. The van der Waals surface area contributed by atoms with Gasteiger partial charge in [-0.25, -0.2) is 4.79 Å². The van der Waals surface area contributed by atoms with Crippen molar-refractivity contribution >= 4 is 11.9 Å². The molecule has 76 valence electrons. The summed E-state index contributed by atoms with van der Waals surface area (Å²) < 4.78 is 4.39. The van der Waals surface area contributed by atoms with Crippen molar-refractivity contribution in [2.24, 2.45) is 0 Å². The first-order valence-electron chi connectivity index (χ1n) is 4.05. The summed E-state index contributed by atoms with van der Waals surface area (Å²) in [6, 6.07) is 0. The Hall–Kier alpha value is -1.10. The van der Waals surface area contributed by atoms with E-state index in [1.54, 1.807) is 0 Å². The van der Waals surface area contributed by atoms with Gasteiger partial charge in [-0.15, -0.1) is 0 Å². The maximum absolute atomic E-state index is 10.6. The average molecular weight is 190 g/mol. The van der Waals surface area contributed by atoms with Crippen molar-refractivity contribution < 1.29 is 24.5 Å². The second-order valence-corrected chi connectivity index (χ2v) is 2.68. The van der Waals surface area contributed by atoms with E-state index in [1.165, 1.54) is 7.11 Å². The minimum atomic E-state index is -1.32. The van der Waals surface area contributed by atoms with Crippen molar-refractivity contribution in [3.63, 3.8) is 0 Å². The number of aliphatic carboxylic acids is 1. The molecule has 0 saturated heterocycles. The van der Waals surface area contributed by atoms with Crippen LogP contribution in [0.25, 0.3) is 0 Å². The van der Waals surface area contributed by atoms with Gasteiger partial charge in [0, 0.05) is 6.42 Å². The van der Waals surface area contributed by atoms with E-state index in [9.17, 15) is 9.59 Å². The molecular formula is C8H14O5. The normalized spacial score (nSPS) is 12.2. The Bertz CT molecular complexity index is 177. The molecule has 0 aliphatic heterocycles. The number of hydrogen-bond donors (Lipinski definition) is 2. The van der Waals surface area contributed by atoms with Crippen LogP contribution in [0.1, 0.15) is 25.7 Å². The lowest BCUT2D eigenvalue weighted by atomic mass is 10.1. The lowest BCUT2D eigenvalue weighted by Gasteiger charge is -2.03. The zero-order valence-corrected chi connectivity index (χ0v) is 7.52. The van der Waals surface area contributed by atoms with Gasteiger partial charge in [0.1, 0.15) is 0 Å². The number of ether oxygens (including phenoxy) is 1. The van der Waals surface area contributed by atoms with Gasteiger partial charge in [0.05, 0.1) is 7.11 Å². The van der Waals surface area contributed by atoms with Gasteiger partial charge in [-0.3, -0.25) is 4.79 Å². The molecule has 0 aromatic heterocycles. The molecule has 0 rings (SSSR count). The number of carbonyl (C=O) groups is 2. The molecular weight excluding hydrogens is 176 g/mol. The molecule has 13 heavy (non-hydrogen) atoms. The fourth-order valence-corrected chi connectivity index (χ4v) is 0.833. The lowest BCUT2D eigenvalue weighted by Crippen LogP contribution is -2.19. The number of hydrogen-bond acceptors (Lipinski definition) is 4. The Morgan fingerprint density at radius 3 is 2.46 bits per heavy atom. The summed E-state index contributed by atoms with van der Waals surface area (Å²) >= 11 is 0. The van der Waals surface area contributed by atoms with E-state index < -0.39 is 12.1 Å². The highest BCUT2D eigenvalue weighted by Crippen LogP contribution is 2.04. The molecule has 0 unspecified atom stereocenters. The maximum Gasteiger partial charge on any atom is 0.332 e. The summed E-state index contributed by atoms with van der Waals surface area (Å²) in [6.07, 6.45) is 0.159. The average Bonchev–Trinajstić information content (AvgIpc) is 2.11. The fraction of sp³-hybridized carbons (Fsp3) is 0.750.